The van der Waals surface area contributed by atoms with Crippen LogP contribution in [0.5, 0.6) is 0 Å². The number of fused-ring (bicyclic) bond motifs is 5. The first-order valence-corrected chi connectivity index (χ1v) is 5.98. The van der Waals surface area contributed by atoms with E-state index in [2.05, 4.69) is 31.9 Å². The summed E-state index contributed by atoms with van der Waals surface area (Å²) in [6.07, 6.45) is 5.62. The van der Waals surface area contributed by atoms with Crippen LogP contribution in [0.2, 0.25) is 0 Å². The minimum Gasteiger partial charge on any atom is -0.297 e. The van der Waals surface area contributed by atoms with Crippen LogP contribution in [0.15, 0.2) is 22.7 Å². The molecule has 3 aliphatic rings. The Bertz CT molecular complexity index is 424. The molecule has 0 aromatic heterocycles. The smallest absolute Gasteiger partial charge is 0.175 e. The van der Waals surface area contributed by atoms with Crippen LogP contribution in [0.3, 0.4) is 0 Å². The van der Waals surface area contributed by atoms with Gasteiger partial charge in [0.1, 0.15) is 4.32 Å². The van der Waals surface area contributed by atoms with Crippen molar-refractivity contribution in [1.82, 2.24) is 0 Å². The van der Waals surface area contributed by atoms with Crippen molar-refractivity contribution in [3.05, 3.63) is 22.7 Å². The third kappa shape index (κ3) is 0.784. The molecule has 0 spiro atoms. The molecular formula is C10H6Br2O2. The van der Waals surface area contributed by atoms with Gasteiger partial charge in [0.25, 0.3) is 0 Å². The maximum absolute atomic E-state index is 11.8. The van der Waals surface area contributed by atoms with Crippen molar-refractivity contribution in [2.75, 3.05) is 0 Å². The van der Waals surface area contributed by atoms with Crippen LogP contribution in [0.25, 0.3) is 0 Å². The monoisotopic (exact) mass is 316 g/mol. The molecule has 0 amide bonds. The Labute approximate surface area is 97.7 Å². The Morgan fingerprint density at radius 1 is 1.36 bits per heavy atom. The van der Waals surface area contributed by atoms with E-state index in [1.165, 1.54) is 0 Å². The molecule has 1 saturated carbocycles. The zero-order valence-corrected chi connectivity index (χ0v) is 10.2. The van der Waals surface area contributed by atoms with Crippen molar-refractivity contribution in [1.29, 1.82) is 0 Å². The second-order valence-electron chi connectivity index (χ2n) is 3.95. The van der Waals surface area contributed by atoms with E-state index < -0.39 is 4.32 Å². The molecule has 0 heterocycles. The van der Waals surface area contributed by atoms with Gasteiger partial charge in [-0.05, 0) is 15.9 Å². The molecule has 4 atom stereocenters. The Morgan fingerprint density at radius 3 is 2.71 bits per heavy atom. The van der Waals surface area contributed by atoms with Crippen LogP contribution in [0, 0.1) is 17.8 Å². The molecule has 0 saturated heterocycles. The molecule has 2 bridgehead atoms. The van der Waals surface area contributed by atoms with Gasteiger partial charge in [0, 0.05) is 11.8 Å². The molecule has 0 aromatic rings. The fourth-order valence-electron chi connectivity index (χ4n) is 2.68. The van der Waals surface area contributed by atoms with Gasteiger partial charge in [-0.3, -0.25) is 9.59 Å². The summed E-state index contributed by atoms with van der Waals surface area (Å²) in [5.74, 6) is -0.0734. The maximum atomic E-state index is 11.8. The van der Waals surface area contributed by atoms with E-state index in [-0.39, 0.29) is 29.3 Å². The summed E-state index contributed by atoms with van der Waals surface area (Å²) in [5, 5.41) is 0. The predicted molar refractivity (Wildman–Crippen MR) is 58.3 cm³/mol. The summed E-state index contributed by atoms with van der Waals surface area (Å²) in [4.78, 5) is 23.6. The van der Waals surface area contributed by atoms with Crippen LogP contribution in [0.1, 0.15) is 0 Å². The molecule has 0 aromatic carbocycles. The first kappa shape index (κ1) is 9.04. The van der Waals surface area contributed by atoms with Crippen molar-refractivity contribution in [3.8, 4) is 0 Å². The van der Waals surface area contributed by atoms with Gasteiger partial charge in [0.2, 0.25) is 0 Å². The topological polar surface area (TPSA) is 34.1 Å². The van der Waals surface area contributed by atoms with Crippen LogP contribution < -0.4 is 0 Å². The number of hydrogen-bond acceptors (Lipinski definition) is 2. The average molecular weight is 318 g/mol. The molecule has 2 nitrogen and oxygen atoms in total. The zero-order chi connectivity index (χ0) is 10.1. The van der Waals surface area contributed by atoms with Crippen LogP contribution in [-0.4, -0.2) is 15.9 Å². The quantitative estimate of drug-likeness (QED) is 0.506. The lowest BCUT2D eigenvalue weighted by Gasteiger charge is -2.23. The molecule has 72 valence electrons. The third-order valence-corrected chi connectivity index (χ3v) is 5.14. The van der Waals surface area contributed by atoms with E-state index >= 15 is 0 Å². The Hall–Kier alpha value is -0.220. The van der Waals surface area contributed by atoms with Crippen molar-refractivity contribution in [3.63, 3.8) is 0 Å². The van der Waals surface area contributed by atoms with Gasteiger partial charge >= 0.3 is 0 Å². The molecule has 3 rings (SSSR count). The largest absolute Gasteiger partial charge is 0.297 e. The van der Waals surface area contributed by atoms with Gasteiger partial charge in [-0.2, -0.15) is 0 Å². The molecular weight excluding hydrogens is 312 g/mol. The second-order valence-corrected chi connectivity index (χ2v) is 6.12. The highest BCUT2D eigenvalue weighted by Crippen LogP contribution is 2.57. The third-order valence-electron chi connectivity index (χ3n) is 3.34. The molecule has 1 fully saturated rings. The highest BCUT2D eigenvalue weighted by molar-refractivity contribution is 9.12. The first-order chi connectivity index (χ1) is 6.55. The van der Waals surface area contributed by atoms with Crippen molar-refractivity contribution in [2.45, 2.75) is 4.32 Å². The lowest BCUT2D eigenvalue weighted by molar-refractivity contribution is -0.123. The SMILES string of the molecule is O=C1C(Br)=C[C@H]2C3C=CC(Br)(C3=O)[C@@H]12. The first-order valence-electron chi connectivity index (χ1n) is 4.40. The summed E-state index contributed by atoms with van der Waals surface area (Å²) < 4.78 is -0.0941. The summed E-state index contributed by atoms with van der Waals surface area (Å²) in [5.41, 5.74) is 0. The van der Waals surface area contributed by atoms with E-state index in [0.29, 0.717) is 4.48 Å². The summed E-state index contributed by atoms with van der Waals surface area (Å²) in [7, 11) is 0. The molecule has 14 heavy (non-hydrogen) atoms. The Kier molecular flexibility index (Phi) is 1.60. The fraction of sp³-hybridized carbons (Fsp3) is 0.400. The van der Waals surface area contributed by atoms with Gasteiger partial charge in [-0.1, -0.05) is 34.2 Å². The standard InChI is InChI=1S/C10H6Br2O2/c11-6-3-5-4-1-2-10(12,9(4)14)7(5)8(6)13/h1-5,7H/t4?,5-,7+,10?/m0/s1. The number of allylic oxidation sites excluding steroid dienone is 4. The highest BCUT2D eigenvalue weighted by atomic mass is 79.9. The van der Waals surface area contributed by atoms with E-state index in [9.17, 15) is 9.59 Å². The molecule has 3 aliphatic carbocycles. The van der Waals surface area contributed by atoms with E-state index in [0.717, 1.165) is 0 Å². The van der Waals surface area contributed by atoms with Crippen molar-refractivity contribution >= 4 is 43.4 Å². The van der Waals surface area contributed by atoms with Crippen LogP contribution >= 0.6 is 31.9 Å². The van der Waals surface area contributed by atoms with Crippen LogP contribution in [-0.2, 0) is 9.59 Å². The predicted octanol–water partition coefficient (Wildman–Crippen LogP) is 1.98. The number of ketones is 2. The highest BCUT2D eigenvalue weighted by Gasteiger charge is 2.64. The summed E-state index contributed by atoms with van der Waals surface area (Å²) in [6.45, 7) is 0. The number of Topliss-reactive ketones (excluding diaryl/α,β-unsaturated/α-hetero) is 2. The van der Waals surface area contributed by atoms with E-state index in [1.807, 2.05) is 18.2 Å². The van der Waals surface area contributed by atoms with Crippen LogP contribution in [0.4, 0.5) is 0 Å². The molecule has 0 radical (unpaired) electrons. The van der Waals surface area contributed by atoms with Gasteiger partial charge < -0.3 is 0 Å². The Balaban J connectivity index is 2.18. The van der Waals surface area contributed by atoms with E-state index in [1.54, 1.807) is 0 Å². The van der Waals surface area contributed by atoms with Gasteiger partial charge in [-0.25, -0.2) is 0 Å². The minimum absolute atomic E-state index is 0.0482. The maximum Gasteiger partial charge on any atom is 0.175 e. The number of alkyl halides is 1. The zero-order valence-electron chi connectivity index (χ0n) is 7.04. The van der Waals surface area contributed by atoms with Gasteiger partial charge in [0.15, 0.2) is 11.6 Å². The lowest BCUT2D eigenvalue weighted by atomic mass is 9.85. The fourth-order valence-corrected chi connectivity index (χ4v) is 4.16. The number of carbonyl (C=O) groups excluding carboxylic acids is 2. The minimum atomic E-state index is -0.717. The lowest BCUT2D eigenvalue weighted by Crippen LogP contribution is -2.35. The number of hydrogen-bond donors (Lipinski definition) is 0. The number of carbonyl (C=O) groups is 2. The second kappa shape index (κ2) is 2.47. The Morgan fingerprint density at radius 2 is 2.07 bits per heavy atom. The van der Waals surface area contributed by atoms with Gasteiger partial charge in [-0.15, -0.1) is 0 Å². The van der Waals surface area contributed by atoms with Crippen molar-refractivity contribution in [2.24, 2.45) is 17.8 Å². The van der Waals surface area contributed by atoms with Gasteiger partial charge in [0.05, 0.1) is 10.4 Å². The average Bonchev–Trinajstić information content (AvgIpc) is 2.64. The molecule has 0 aliphatic heterocycles. The summed E-state index contributed by atoms with van der Waals surface area (Å²) >= 11 is 6.65. The normalized spacial score (nSPS) is 48.7. The molecule has 4 heteroatoms. The molecule has 2 unspecified atom stereocenters. The van der Waals surface area contributed by atoms with E-state index in [4.69, 9.17) is 0 Å². The summed E-state index contributed by atoms with van der Waals surface area (Å²) in [6, 6.07) is 0. The van der Waals surface area contributed by atoms with Crippen molar-refractivity contribution < 1.29 is 9.59 Å². The molecule has 0 N–H and O–H groups in total. The number of halogens is 2. The number of rotatable bonds is 0.